The van der Waals surface area contributed by atoms with E-state index in [0.717, 1.165) is 17.8 Å². The van der Waals surface area contributed by atoms with Crippen molar-refractivity contribution in [3.8, 4) is 6.07 Å². The van der Waals surface area contributed by atoms with Crippen molar-refractivity contribution in [2.45, 2.75) is 39.0 Å². The lowest BCUT2D eigenvalue weighted by atomic mass is 10.0. The first-order valence-electron chi connectivity index (χ1n) is 7.89. The zero-order valence-corrected chi connectivity index (χ0v) is 13.1. The van der Waals surface area contributed by atoms with Crippen LogP contribution in [0.2, 0.25) is 0 Å². The first-order valence-corrected chi connectivity index (χ1v) is 7.89. The van der Waals surface area contributed by atoms with Crippen LogP contribution < -0.4 is 10.9 Å². The summed E-state index contributed by atoms with van der Waals surface area (Å²) < 4.78 is 0. The number of hydrogen-bond donors (Lipinski definition) is 2. The largest absolute Gasteiger partial charge is 0.337 e. The molecule has 1 saturated carbocycles. The van der Waals surface area contributed by atoms with Crippen LogP contribution in [0.1, 0.15) is 42.8 Å². The second kappa shape index (κ2) is 6.61. The van der Waals surface area contributed by atoms with Gasteiger partial charge in [0.1, 0.15) is 11.9 Å². The number of aryl methyl sites for hydroxylation is 1. The van der Waals surface area contributed by atoms with Crippen molar-refractivity contribution in [3.05, 3.63) is 45.8 Å². The SMILES string of the molecule is Cc1ncccc1Nc1nc(CC2CCCC2)[nH]c(=O)c1C#N. The minimum atomic E-state index is -0.389. The molecule has 118 valence electrons. The number of rotatable bonds is 4. The van der Waals surface area contributed by atoms with Gasteiger partial charge in [0, 0.05) is 12.6 Å². The van der Waals surface area contributed by atoms with Gasteiger partial charge < -0.3 is 10.3 Å². The van der Waals surface area contributed by atoms with Gasteiger partial charge in [0.05, 0.1) is 11.4 Å². The Morgan fingerprint density at radius 3 is 2.91 bits per heavy atom. The Morgan fingerprint density at radius 1 is 1.43 bits per heavy atom. The molecule has 0 spiro atoms. The predicted octanol–water partition coefficient (Wildman–Crippen LogP) is 2.82. The topological polar surface area (TPSA) is 94.5 Å². The molecule has 0 amide bonds. The van der Waals surface area contributed by atoms with Crippen LogP contribution in [0.5, 0.6) is 0 Å². The van der Waals surface area contributed by atoms with E-state index in [4.69, 9.17) is 0 Å². The van der Waals surface area contributed by atoms with Crippen molar-refractivity contribution in [2.24, 2.45) is 5.92 Å². The molecule has 2 N–H and O–H groups in total. The number of anilines is 2. The number of hydrogen-bond acceptors (Lipinski definition) is 5. The van der Waals surface area contributed by atoms with E-state index < -0.39 is 0 Å². The molecule has 2 aromatic heterocycles. The molecule has 3 rings (SSSR count). The second-order valence-corrected chi connectivity index (χ2v) is 5.96. The Labute approximate surface area is 134 Å². The van der Waals surface area contributed by atoms with Crippen LogP contribution in [0.3, 0.4) is 0 Å². The molecule has 0 aromatic carbocycles. The molecule has 0 saturated heterocycles. The standard InChI is InChI=1S/C17H19N5O/c1-11-14(7-4-8-19-11)20-16-13(10-18)17(23)22-15(21-16)9-12-5-2-3-6-12/h4,7-8,12H,2-3,5-6,9H2,1H3,(H2,20,21,22,23). The molecule has 2 heterocycles. The van der Waals surface area contributed by atoms with Crippen LogP contribution in [-0.4, -0.2) is 15.0 Å². The van der Waals surface area contributed by atoms with Crippen LogP contribution in [0.4, 0.5) is 11.5 Å². The fourth-order valence-corrected chi connectivity index (χ4v) is 3.04. The summed E-state index contributed by atoms with van der Waals surface area (Å²) in [4.78, 5) is 23.6. The molecule has 0 unspecified atom stereocenters. The van der Waals surface area contributed by atoms with Crippen LogP contribution in [0.25, 0.3) is 0 Å². The average Bonchev–Trinajstić information content (AvgIpc) is 3.02. The molecule has 1 fully saturated rings. The average molecular weight is 309 g/mol. The minimum absolute atomic E-state index is 0.00317. The molecular weight excluding hydrogens is 290 g/mol. The first-order chi connectivity index (χ1) is 11.2. The highest BCUT2D eigenvalue weighted by Crippen LogP contribution is 2.27. The van der Waals surface area contributed by atoms with E-state index in [0.29, 0.717) is 17.6 Å². The van der Waals surface area contributed by atoms with Gasteiger partial charge in [0.15, 0.2) is 11.4 Å². The highest BCUT2D eigenvalue weighted by atomic mass is 16.1. The second-order valence-electron chi connectivity index (χ2n) is 5.96. The molecule has 0 radical (unpaired) electrons. The molecule has 2 aromatic rings. The molecule has 23 heavy (non-hydrogen) atoms. The van der Waals surface area contributed by atoms with Crippen molar-refractivity contribution in [3.63, 3.8) is 0 Å². The molecule has 0 bridgehead atoms. The van der Waals surface area contributed by atoms with E-state index in [-0.39, 0.29) is 11.1 Å². The molecule has 1 aliphatic rings. The van der Waals surface area contributed by atoms with Crippen LogP contribution >= 0.6 is 0 Å². The van der Waals surface area contributed by atoms with Gasteiger partial charge in [-0.2, -0.15) is 5.26 Å². The Kier molecular flexibility index (Phi) is 4.38. The van der Waals surface area contributed by atoms with Gasteiger partial charge in [0.2, 0.25) is 0 Å². The Balaban J connectivity index is 1.93. The van der Waals surface area contributed by atoms with Crippen LogP contribution in [-0.2, 0) is 6.42 Å². The van der Waals surface area contributed by atoms with E-state index in [2.05, 4.69) is 20.3 Å². The van der Waals surface area contributed by atoms with Crippen molar-refractivity contribution >= 4 is 11.5 Å². The van der Waals surface area contributed by atoms with Gasteiger partial charge in [-0.1, -0.05) is 25.7 Å². The quantitative estimate of drug-likeness (QED) is 0.905. The normalized spacial score (nSPS) is 14.6. The van der Waals surface area contributed by atoms with Crippen LogP contribution in [0, 0.1) is 24.2 Å². The van der Waals surface area contributed by atoms with E-state index in [1.807, 2.05) is 19.1 Å². The van der Waals surface area contributed by atoms with Crippen molar-refractivity contribution < 1.29 is 0 Å². The molecular formula is C17H19N5O. The molecule has 0 aliphatic heterocycles. The van der Waals surface area contributed by atoms with Crippen molar-refractivity contribution in [1.82, 2.24) is 15.0 Å². The third kappa shape index (κ3) is 3.39. The summed E-state index contributed by atoms with van der Waals surface area (Å²) in [5.74, 6) is 1.52. The summed E-state index contributed by atoms with van der Waals surface area (Å²) in [6.07, 6.45) is 7.28. The highest BCUT2D eigenvalue weighted by Gasteiger charge is 2.19. The number of nitrogens with one attached hydrogen (secondary N) is 2. The van der Waals surface area contributed by atoms with Gasteiger partial charge in [-0.25, -0.2) is 4.98 Å². The summed E-state index contributed by atoms with van der Waals surface area (Å²) in [5, 5.41) is 12.3. The number of aromatic amines is 1. The Bertz CT molecular complexity index is 799. The smallest absolute Gasteiger partial charge is 0.271 e. The Hall–Kier alpha value is -2.68. The number of H-pyrrole nitrogens is 1. The maximum Gasteiger partial charge on any atom is 0.271 e. The highest BCUT2D eigenvalue weighted by molar-refractivity contribution is 5.63. The minimum Gasteiger partial charge on any atom is -0.337 e. The van der Waals surface area contributed by atoms with E-state index >= 15 is 0 Å². The number of nitriles is 1. The van der Waals surface area contributed by atoms with E-state index in [1.54, 1.807) is 12.3 Å². The maximum atomic E-state index is 12.2. The number of nitrogens with zero attached hydrogens (tertiary/aromatic N) is 3. The molecule has 6 nitrogen and oxygen atoms in total. The maximum absolute atomic E-state index is 12.2. The fraction of sp³-hybridized carbons (Fsp3) is 0.412. The lowest BCUT2D eigenvalue weighted by Gasteiger charge is -2.12. The van der Waals surface area contributed by atoms with Gasteiger partial charge in [0.25, 0.3) is 5.56 Å². The van der Waals surface area contributed by atoms with Gasteiger partial charge in [-0.3, -0.25) is 9.78 Å². The van der Waals surface area contributed by atoms with Crippen molar-refractivity contribution in [2.75, 3.05) is 5.32 Å². The lowest BCUT2D eigenvalue weighted by Crippen LogP contribution is -2.19. The van der Waals surface area contributed by atoms with Gasteiger partial charge in [-0.05, 0) is 25.0 Å². The number of aromatic nitrogens is 3. The third-order valence-electron chi connectivity index (χ3n) is 4.30. The first kappa shape index (κ1) is 15.2. The summed E-state index contributed by atoms with van der Waals surface area (Å²) in [7, 11) is 0. The third-order valence-corrected chi connectivity index (χ3v) is 4.30. The van der Waals surface area contributed by atoms with Gasteiger partial charge in [-0.15, -0.1) is 0 Å². The molecule has 0 atom stereocenters. The van der Waals surface area contributed by atoms with E-state index in [1.165, 1.54) is 25.7 Å². The summed E-state index contributed by atoms with van der Waals surface area (Å²) in [6.45, 7) is 1.86. The molecule has 1 aliphatic carbocycles. The summed E-state index contributed by atoms with van der Waals surface area (Å²) in [6, 6.07) is 5.59. The fourth-order valence-electron chi connectivity index (χ4n) is 3.04. The monoisotopic (exact) mass is 309 g/mol. The lowest BCUT2D eigenvalue weighted by molar-refractivity contribution is 0.529. The summed E-state index contributed by atoms with van der Waals surface area (Å²) >= 11 is 0. The van der Waals surface area contributed by atoms with Gasteiger partial charge >= 0.3 is 0 Å². The van der Waals surface area contributed by atoms with E-state index in [9.17, 15) is 10.1 Å². The Morgan fingerprint density at radius 2 is 2.22 bits per heavy atom. The summed E-state index contributed by atoms with van der Waals surface area (Å²) in [5.41, 5.74) is 1.15. The molecule has 6 heteroatoms. The van der Waals surface area contributed by atoms with Crippen LogP contribution in [0.15, 0.2) is 23.1 Å². The predicted molar refractivity (Wildman–Crippen MR) is 87.5 cm³/mol. The number of pyridine rings is 1. The zero-order valence-electron chi connectivity index (χ0n) is 13.1. The van der Waals surface area contributed by atoms with Crippen molar-refractivity contribution in [1.29, 1.82) is 5.26 Å². The zero-order chi connectivity index (χ0) is 16.2.